The zero-order chi connectivity index (χ0) is 21.7. The Hall–Kier alpha value is -3.15. The first-order chi connectivity index (χ1) is 14.4. The van der Waals surface area contributed by atoms with Gasteiger partial charge in [0.15, 0.2) is 0 Å². The van der Waals surface area contributed by atoms with Gasteiger partial charge in [0.2, 0.25) is 5.88 Å². The number of nitrogens with zero attached hydrogens (tertiary/aromatic N) is 2. The number of rotatable bonds is 7. The molecule has 0 bridgehead atoms. The molecule has 1 saturated heterocycles. The first kappa shape index (κ1) is 21.6. The Morgan fingerprint density at radius 3 is 2.70 bits per heavy atom. The smallest absolute Gasteiger partial charge is 0.353 e. The second kappa shape index (κ2) is 9.57. The number of aromatic nitrogens is 2. The number of carbonyl (C=O) groups is 1. The predicted molar refractivity (Wildman–Crippen MR) is 108 cm³/mol. The molecule has 0 aliphatic carbocycles. The highest BCUT2D eigenvalue weighted by molar-refractivity contribution is 5.74. The van der Waals surface area contributed by atoms with Gasteiger partial charge in [-0.25, -0.2) is 4.79 Å². The first-order valence-electron chi connectivity index (χ1n) is 9.70. The minimum absolute atomic E-state index is 0.0609. The number of hydrogen-bond acceptors (Lipinski definition) is 7. The third-order valence-electron chi connectivity index (χ3n) is 4.66. The summed E-state index contributed by atoms with van der Waals surface area (Å²) in [7, 11) is 0. The van der Waals surface area contributed by atoms with E-state index in [4.69, 9.17) is 20.6 Å². The van der Waals surface area contributed by atoms with Gasteiger partial charge < -0.3 is 19.3 Å². The van der Waals surface area contributed by atoms with Gasteiger partial charge in [0.25, 0.3) is 0 Å². The third-order valence-corrected chi connectivity index (χ3v) is 4.66. The molecule has 8 nitrogen and oxygen atoms in total. The minimum Gasteiger partial charge on any atom is -0.472 e. The van der Waals surface area contributed by atoms with Gasteiger partial charge >= 0.3 is 11.7 Å². The van der Waals surface area contributed by atoms with Crippen molar-refractivity contribution in [1.29, 1.82) is 0 Å². The van der Waals surface area contributed by atoms with Gasteiger partial charge in [0, 0.05) is 6.20 Å². The van der Waals surface area contributed by atoms with Crippen LogP contribution in [-0.2, 0) is 16.1 Å². The van der Waals surface area contributed by atoms with Crippen molar-refractivity contribution < 1.29 is 24.1 Å². The van der Waals surface area contributed by atoms with Crippen LogP contribution in [0.4, 0.5) is 0 Å². The molecule has 1 fully saturated rings. The Morgan fingerprint density at radius 2 is 2.10 bits per heavy atom. The van der Waals surface area contributed by atoms with E-state index in [-0.39, 0.29) is 37.1 Å². The predicted octanol–water partition coefficient (Wildman–Crippen LogP) is 2.03. The average Bonchev–Trinajstić information content (AvgIpc) is 3.22. The largest absolute Gasteiger partial charge is 0.472 e. The molecular formula is C22H24N2O6. The van der Waals surface area contributed by atoms with Gasteiger partial charge in [-0.15, -0.1) is 6.42 Å². The van der Waals surface area contributed by atoms with Gasteiger partial charge in [0.1, 0.15) is 24.1 Å². The van der Waals surface area contributed by atoms with E-state index in [0.29, 0.717) is 24.2 Å². The van der Waals surface area contributed by atoms with Gasteiger partial charge in [-0.2, -0.15) is 4.98 Å². The maximum Gasteiger partial charge on any atom is 0.353 e. The quantitative estimate of drug-likeness (QED) is 0.422. The van der Waals surface area contributed by atoms with Crippen molar-refractivity contribution >= 4 is 5.97 Å². The molecule has 1 aliphatic rings. The Bertz CT molecular complexity index is 990. The molecule has 8 heteroatoms. The number of carbonyl (C=O) groups excluding carboxylic acids is 1. The summed E-state index contributed by atoms with van der Waals surface area (Å²) in [5.74, 6) is 2.46. The fourth-order valence-electron chi connectivity index (χ4n) is 2.93. The molecule has 0 saturated carbocycles. The van der Waals surface area contributed by atoms with Crippen LogP contribution in [0.15, 0.2) is 35.3 Å². The molecule has 1 aromatic carbocycles. The summed E-state index contributed by atoms with van der Waals surface area (Å²) in [5, 5.41) is 9.20. The van der Waals surface area contributed by atoms with Gasteiger partial charge in [-0.1, -0.05) is 31.9 Å². The standard InChI is InChI=1S/C22H24N2O6/c1-4-16-11-24(19-10-9-18(12-25)29-19)22(27)23-20(16)28-13-15-5-7-17(8-6-15)30-21(26)14(2)3/h1,5-8,11,14,18-19,25H,9-10,12-13H2,2-3H3. The van der Waals surface area contributed by atoms with Crippen LogP contribution in [0.5, 0.6) is 11.6 Å². The molecule has 3 rings (SSSR count). The zero-order valence-corrected chi connectivity index (χ0v) is 16.9. The van der Waals surface area contributed by atoms with E-state index in [1.807, 2.05) is 0 Å². The number of aliphatic hydroxyl groups is 1. The van der Waals surface area contributed by atoms with E-state index in [1.165, 1.54) is 10.8 Å². The molecular weight excluding hydrogens is 388 g/mol. The highest BCUT2D eigenvalue weighted by atomic mass is 16.5. The summed E-state index contributed by atoms with van der Waals surface area (Å²) in [6.07, 6.45) is 7.49. The highest BCUT2D eigenvalue weighted by Crippen LogP contribution is 2.27. The normalized spacial score (nSPS) is 18.2. The molecule has 158 valence electrons. The average molecular weight is 412 g/mol. The fourth-order valence-corrected chi connectivity index (χ4v) is 2.93. The van der Waals surface area contributed by atoms with Crippen molar-refractivity contribution in [3.63, 3.8) is 0 Å². The molecule has 30 heavy (non-hydrogen) atoms. The highest BCUT2D eigenvalue weighted by Gasteiger charge is 2.27. The number of hydrogen-bond donors (Lipinski definition) is 1. The lowest BCUT2D eigenvalue weighted by molar-refractivity contribution is -0.137. The van der Waals surface area contributed by atoms with Crippen molar-refractivity contribution in [2.24, 2.45) is 5.92 Å². The molecule has 2 heterocycles. The molecule has 2 aromatic rings. The third kappa shape index (κ3) is 5.06. The van der Waals surface area contributed by atoms with Crippen molar-refractivity contribution in [3.05, 3.63) is 52.1 Å². The number of esters is 1. The number of aliphatic hydroxyl groups excluding tert-OH is 1. The first-order valence-corrected chi connectivity index (χ1v) is 9.70. The van der Waals surface area contributed by atoms with Gasteiger partial charge in [-0.3, -0.25) is 9.36 Å². The van der Waals surface area contributed by atoms with Crippen LogP contribution in [0.25, 0.3) is 0 Å². The monoisotopic (exact) mass is 412 g/mol. The summed E-state index contributed by atoms with van der Waals surface area (Å²) in [4.78, 5) is 28.0. The molecule has 2 atom stereocenters. The second-order valence-electron chi connectivity index (χ2n) is 7.28. The van der Waals surface area contributed by atoms with E-state index in [1.54, 1.807) is 38.1 Å². The van der Waals surface area contributed by atoms with Crippen molar-refractivity contribution in [3.8, 4) is 24.0 Å². The fraction of sp³-hybridized carbons (Fsp3) is 0.409. The Morgan fingerprint density at radius 1 is 1.37 bits per heavy atom. The summed E-state index contributed by atoms with van der Waals surface area (Å²) in [6, 6.07) is 6.84. The lowest BCUT2D eigenvalue weighted by atomic mass is 10.2. The molecule has 0 radical (unpaired) electrons. The van der Waals surface area contributed by atoms with Gasteiger partial charge in [-0.05, 0) is 30.5 Å². The van der Waals surface area contributed by atoms with Crippen molar-refractivity contribution in [2.75, 3.05) is 6.61 Å². The Labute approximate surface area is 174 Å². The van der Waals surface area contributed by atoms with Crippen LogP contribution >= 0.6 is 0 Å². The second-order valence-corrected chi connectivity index (χ2v) is 7.28. The molecule has 0 spiro atoms. The Balaban J connectivity index is 1.68. The molecule has 1 N–H and O–H groups in total. The lowest BCUT2D eigenvalue weighted by Crippen LogP contribution is -2.28. The van der Waals surface area contributed by atoms with E-state index in [9.17, 15) is 14.7 Å². The van der Waals surface area contributed by atoms with E-state index in [2.05, 4.69) is 10.9 Å². The van der Waals surface area contributed by atoms with E-state index < -0.39 is 11.9 Å². The van der Waals surface area contributed by atoms with E-state index in [0.717, 1.165) is 5.56 Å². The maximum absolute atomic E-state index is 12.4. The Kier molecular flexibility index (Phi) is 6.87. The van der Waals surface area contributed by atoms with Crippen LogP contribution in [0.2, 0.25) is 0 Å². The molecule has 2 unspecified atom stereocenters. The van der Waals surface area contributed by atoms with Crippen LogP contribution < -0.4 is 15.2 Å². The summed E-state index contributed by atoms with van der Waals surface area (Å²) >= 11 is 0. The molecule has 1 aliphatic heterocycles. The number of ether oxygens (including phenoxy) is 3. The number of terminal acetylenes is 1. The molecule has 0 amide bonds. The number of benzene rings is 1. The van der Waals surface area contributed by atoms with Crippen LogP contribution in [0, 0.1) is 18.3 Å². The SMILES string of the molecule is C#Cc1cn(C2CCC(CO)O2)c(=O)nc1OCc1ccc(OC(=O)C(C)C)cc1. The summed E-state index contributed by atoms with van der Waals surface area (Å²) < 4.78 is 17.8. The van der Waals surface area contributed by atoms with Crippen molar-refractivity contribution in [1.82, 2.24) is 9.55 Å². The topological polar surface area (TPSA) is 99.9 Å². The van der Waals surface area contributed by atoms with Crippen LogP contribution in [0.3, 0.4) is 0 Å². The molecule has 1 aromatic heterocycles. The summed E-state index contributed by atoms with van der Waals surface area (Å²) in [5.41, 5.74) is 0.579. The van der Waals surface area contributed by atoms with Crippen LogP contribution in [-0.4, -0.2) is 33.3 Å². The maximum atomic E-state index is 12.4. The minimum atomic E-state index is -0.538. The van der Waals surface area contributed by atoms with Crippen LogP contribution in [0.1, 0.15) is 44.0 Å². The lowest BCUT2D eigenvalue weighted by Gasteiger charge is -2.16. The summed E-state index contributed by atoms with van der Waals surface area (Å²) in [6.45, 7) is 3.56. The van der Waals surface area contributed by atoms with Gasteiger partial charge in [0.05, 0.1) is 18.6 Å². The van der Waals surface area contributed by atoms with Crippen molar-refractivity contribution in [2.45, 2.75) is 45.6 Å². The zero-order valence-electron chi connectivity index (χ0n) is 16.9. The van der Waals surface area contributed by atoms with E-state index >= 15 is 0 Å².